The molecule has 2 amide bonds. The highest BCUT2D eigenvalue weighted by molar-refractivity contribution is 5.80. The Balaban J connectivity index is 1.43. The normalized spacial score (nSPS) is 19.3. The molecule has 2 aliphatic heterocycles. The van der Waals surface area contributed by atoms with Gasteiger partial charge in [0.25, 0.3) is 0 Å². The Morgan fingerprint density at radius 2 is 1.50 bits per heavy atom. The van der Waals surface area contributed by atoms with Gasteiger partial charge in [-0.05, 0) is 44.6 Å². The van der Waals surface area contributed by atoms with Gasteiger partial charge in [0.1, 0.15) is 0 Å². The highest BCUT2D eigenvalue weighted by Gasteiger charge is 2.30. The molecule has 0 aliphatic carbocycles. The van der Waals surface area contributed by atoms with Crippen LogP contribution in [0.1, 0.15) is 56.1 Å². The van der Waals surface area contributed by atoms with Gasteiger partial charge in [-0.25, -0.2) is 0 Å². The summed E-state index contributed by atoms with van der Waals surface area (Å²) in [6.45, 7) is 5.39. The molecule has 1 aromatic carbocycles. The van der Waals surface area contributed by atoms with Crippen LogP contribution in [0.2, 0.25) is 0 Å². The van der Waals surface area contributed by atoms with E-state index in [-0.39, 0.29) is 11.8 Å². The minimum atomic E-state index is 0.120. The second kappa shape index (κ2) is 9.20. The van der Waals surface area contributed by atoms with Crippen molar-refractivity contribution in [3.63, 3.8) is 0 Å². The van der Waals surface area contributed by atoms with Crippen molar-refractivity contribution in [2.75, 3.05) is 26.2 Å². The number of carbonyl (C=O) groups excluding carboxylic acids is 2. The lowest BCUT2D eigenvalue weighted by Crippen LogP contribution is -2.44. The van der Waals surface area contributed by atoms with E-state index >= 15 is 0 Å². The Morgan fingerprint density at radius 1 is 0.885 bits per heavy atom. The van der Waals surface area contributed by atoms with Crippen molar-refractivity contribution in [3.8, 4) is 0 Å². The molecule has 1 aromatic rings. The first-order valence-corrected chi connectivity index (χ1v) is 10.3. The summed E-state index contributed by atoms with van der Waals surface area (Å²) in [7, 11) is 0. The average Bonchev–Trinajstić information content (AvgIpc) is 2.96. The lowest BCUT2D eigenvalue weighted by atomic mass is 9.94. The Bertz CT molecular complexity index is 595. The Kier molecular flexibility index (Phi) is 6.70. The molecule has 0 saturated carbocycles. The smallest absolute Gasteiger partial charge is 0.225 e. The van der Waals surface area contributed by atoms with Crippen LogP contribution in [0, 0.1) is 12.8 Å². The maximum Gasteiger partial charge on any atom is 0.225 e. The van der Waals surface area contributed by atoms with Crippen molar-refractivity contribution in [1.29, 1.82) is 0 Å². The quantitative estimate of drug-likeness (QED) is 0.827. The van der Waals surface area contributed by atoms with E-state index in [1.54, 1.807) is 0 Å². The molecule has 0 bridgehead atoms. The van der Waals surface area contributed by atoms with Crippen LogP contribution < -0.4 is 0 Å². The monoisotopic (exact) mass is 356 g/mol. The number of hydrogen-bond acceptors (Lipinski definition) is 2. The van der Waals surface area contributed by atoms with E-state index in [4.69, 9.17) is 0 Å². The van der Waals surface area contributed by atoms with Crippen LogP contribution in [0.25, 0.3) is 0 Å². The van der Waals surface area contributed by atoms with E-state index in [0.717, 1.165) is 58.3 Å². The third kappa shape index (κ3) is 5.09. The van der Waals surface area contributed by atoms with Gasteiger partial charge in [-0.2, -0.15) is 0 Å². The molecule has 0 radical (unpaired) electrons. The molecule has 142 valence electrons. The van der Waals surface area contributed by atoms with Crippen molar-refractivity contribution in [1.82, 2.24) is 9.80 Å². The molecule has 0 unspecified atom stereocenters. The number of piperidine rings is 1. The average molecular weight is 357 g/mol. The first-order chi connectivity index (χ1) is 12.6. The second-order valence-electron chi connectivity index (χ2n) is 7.88. The van der Waals surface area contributed by atoms with Crippen molar-refractivity contribution < 1.29 is 9.59 Å². The summed E-state index contributed by atoms with van der Waals surface area (Å²) in [6, 6.07) is 8.41. The predicted octanol–water partition coefficient (Wildman–Crippen LogP) is 3.57. The lowest BCUT2D eigenvalue weighted by Gasteiger charge is -2.34. The van der Waals surface area contributed by atoms with Crippen molar-refractivity contribution in [2.24, 2.45) is 5.92 Å². The number of benzene rings is 1. The van der Waals surface area contributed by atoms with E-state index in [1.807, 2.05) is 4.90 Å². The van der Waals surface area contributed by atoms with E-state index in [0.29, 0.717) is 12.3 Å². The molecule has 2 aliphatic rings. The number of hydrogen-bond donors (Lipinski definition) is 0. The third-order valence-electron chi connectivity index (χ3n) is 5.86. The zero-order valence-electron chi connectivity index (χ0n) is 16.1. The van der Waals surface area contributed by atoms with E-state index in [2.05, 4.69) is 36.1 Å². The largest absolute Gasteiger partial charge is 0.343 e. The fraction of sp³-hybridized carbons (Fsp3) is 0.636. The number of likely N-dealkylation sites (tertiary alicyclic amines) is 2. The molecule has 2 saturated heterocycles. The minimum absolute atomic E-state index is 0.120. The fourth-order valence-electron chi connectivity index (χ4n) is 4.09. The maximum absolute atomic E-state index is 12.7. The Hall–Kier alpha value is -1.84. The van der Waals surface area contributed by atoms with Crippen LogP contribution >= 0.6 is 0 Å². The van der Waals surface area contributed by atoms with Gasteiger partial charge in [-0.3, -0.25) is 9.59 Å². The summed E-state index contributed by atoms with van der Waals surface area (Å²) in [6.07, 6.45) is 7.79. The van der Waals surface area contributed by atoms with E-state index < -0.39 is 0 Å². The van der Waals surface area contributed by atoms with E-state index in [1.165, 1.54) is 24.0 Å². The Labute approximate surface area is 157 Å². The SMILES string of the molecule is Cc1ccc(CCC(=O)N2CCC(C(=O)N3CCCCCC3)CC2)cc1. The lowest BCUT2D eigenvalue weighted by molar-refractivity contribution is -0.140. The van der Waals surface area contributed by atoms with Gasteiger partial charge in [0.05, 0.1) is 0 Å². The van der Waals surface area contributed by atoms with Crippen LogP contribution in [0.3, 0.4) is 0 Å². The van der Waals surface area contributed by atoms with Crippen molar-refractivity contribution in [3.05, 3.63) is 35.4 Å². The van der Waals surface area contributed by atoms with Gasteiger partial charge in [-0.1, -0.05) is 42.7 Å². The number of aryl methyl sites for hydroxylation is 2. The Morgan fingerprint density at radius 3 is 2.12 bits per heavy atom. The van der Waals surface area contributed by atoms with Crippen LogP contribution in [0.4, 0.5) is 0 Å². The molecule has 0 spiro atoms. The van der Waals surface area contributed by atoms with Crippen LogP contribution in [0.15, 0.2) is 24.3 Å². The summed E-state index contributed by atoms with van der Waals surface area (Å²) in [5, 5.41) is 0. The summed E-state index contributed by atoms with van der Waals surface area (Å²) >= 11 is 0. The minimum Gasteiger partial charge on any atom is -0.343 e. The van der Waals surface area contributed by atoms with Crippen LogP contribution in [-0.2, 0) is 16.0 Å². The summed E-state index contributed by atoms with van der Waals surface area (Å²) < 4.78 is 0. The molecule has 4 heteroatoms. The summed E-state index contributed by atoms with van der Waals surface area (Å²) in [5.74, 6) is 0.680. The molecule has 26 heavy (non-hydrogen) atoms. The molecular weight excluding hydrogens is 324 g/mol. The number of amides is 2. The van der Waals surface area contributed by atoms with Gasteiger partial charge >= 0.3 is 0 Å². The highest BCUT2D eigenvalue weighted by atomic mass is 16.2. The van der Waals surface area contributed by atoms with Crippen LogP contribution in [-0.4, -0.2) is 47.8 Å². The first-order valence-electron chi connectivity index (χ1n) is 10.3. The van der Waals surface area contributed by atoms with Crippen molar-refractivity contribution >= 4 is 11.8 Å². The molecule has 0 aromatic heterocycles. The van der Waals surface area contributed by atoms with Gasteiger partial charge in [-0.15, -0.1) is 0 Å². The first kappa shape index (κ1) is 18.9. The number of rotatable bonds is 4. The fourth-order valence-corrected chi connectivity index (χ4v) is 4.09. The van der Waals surface area contributed by atoms with Crippen LogP contribution in [0.5, 0.6) is 0 Å². The molecule has 0 N–H and O–H groups in total. The van der Waals surface area contributed by atoms with Gasteiger partial charge < -0.3 is 9.80 Å². The summed E-state index contributed by atoms with van der Waals surface area (Å²) in [4.78, 5) is 29.3. The van der Waals surface area contributed by atoms with Gasteiger partial charge in [0.15, 0.2) is 0 Å². The third-order valence-corrected chi connectivity index (χ3v) is 5.86. The molecule has 3 rings (SSSR count). The molecule has 4 nitrogen and oxygen atoms in total. The zero-order chi connectivity index (χ0) is 18.4. The highest BCUT2D eigenvalue weighted by Crippen LogP contribution is 2.22. The van der Waals surface area contributed by atoms with Gasteiger partial charge in [0, 0.05) is 38.5 Å². The van der Waals surface area contributed by atoms with Gasteiger partial charge in [0.2, 0.25) is 11.8 Å². The molecular formula is C22H32N2O2. The topological polar surface area (TPSA) is 40.6 Å². The predicted molar refractivity (Wildman–Crippen MR) is 104 cm³/mol. The molecule has 2 heterocycles. The standard InChI is InChI=1S/C22H32N2O2/c1-18-6-8-19(9-7-18)10-11-21(25)23-16-12-20(13-17-23)22(26)24-14-4-2-3-5-15-24/h6-9,20H,2-5,10-17H2,1H3. The van der Waals surface area contributed by atoms with Crippen molar-refractivity contribution in [2.45, 2.75) is 58.3 Å². The molecule has 0 atom stereocenters. The number of nitrogens with zero attached hydrogens (tertiary/aromatic N) is 2. The zero-order valence-corrected chi connectivity index (χ0v) is 16.1. The number of carbonyl (C=O) groups is 2. The maximum atomic E-state index is 12.7. The second-order valence-corrected chi connectivity index (χ2v) is 7.88. The van der Waals surface area contributed by atoms with E-state index in [9.17, 15) is 9.59 Å². The molecule has 2 fully saturated rings. The summed E-state index contributed by atoms with van der Waals surface area (Å²) in [5.41, 5.74) is 2.46.